The molecule has 0 radical (unpaired) electrons. The standard InChI is InChI=1S/C25H28ClF7OSi/c1-2-9-35(26)10-5-17(6-11-35)18-14-20(27)19(21(28)15-18)4-3-16-12-22(29)24(23(30)13-16)34-8-7-25(31,32)33/h12-15,17H,2-11H2,1H3. The van der Waals surface area contributed by atoms with Gasteiger partial charge in [0.05, 0.1) is 13.0 Å². The van der Waals surface area contributed by atoms with E-state index in [9.17, 15) is 30.7 Å². The first kappa shape index (κ1) is 27.8. The van der Waals surface area contributed by atoms with Gasteiger partial charge >= 0.3 is 6.18 Å². The maximum atomic E-state index is 14.8. The summed E-state index contributed by atoms with van der Waals surface area (Å²) >= 11 is 6.77. The summed E-state index contributed by atoms with van der Waals surface area (Å²) in [5.74, 6) is -4.61. The molecule has 1 aliphatic heterocycles. The maximum Gasteiger partial charge on any atom is 0.392 e. The fourth-order valence-corrected chi connectivity index (χ4v) is 9.30. The van der Waals surface area contributed by atoms with E-state index in [-0.39, 0.29) is 29.9 Å². The lowest BCUT2D eigenvalue weighted by Crippen LogP contribution is -2.31. The van der Waals surface area contributed by atoms with Gasteiger partial charge in [0.2, 0.25) is 0 Å². The number of ether oxygens (including phenoxy) is 1. The van der Waals surface area contributed by atoms with Gasteiger partial charge in [-0.05, 0) is 85.1 Å². The molecule has 3 rings (SSSR count). The second-order valence-electron chi connectivity index (χ2n) is 9.24. The van der Waals surface area contributed by atoms with Gasteiger partial charge in [-0.1, -0.05) is 13.3 Å². The zero-order valence-electron chi connectivity index (χ0n) is 19.4. The van der Waals surface area contributed by atoms with Crippen LogP contribution in [0.2, 0.25) is 18.1 Å². The Kier molecular flexibility index (Phi) is 9.18. The lowest BCUT2D eigenvalue weighted by atomic mass is 9.91. The molecular weight excluding hydrogens is 513 g/mol. The Bertz CT molecular complexity index is 973. The van der Waals surface area contributed by atoms with Crippen LogP contribution in [0.25, 0.3) is 0 Å². The molecule has 2 aromatic carbocycles. The Morgan fingerprint density at radius 2 is 1.49 bits per heavy atom. The molecule has 0 unspecified atom stereocenters. The van der Waals surface area contributed by atoms with Crippen molar-refractivity contribution in [1.82, 2.24) is 0 Å². The highest BCUT2D eigenvalue weighted by Gasteiger charge is 2.36. The van der Waals surface area contributed by atoms with Crippen LogP contribution >= 0.6 is 11.1 Å². The van der Waals surface area contributed by atoms with Crippen molar-refractivity contribution in [3.05, 3.63) is 64.2 Å². The quantitative estimate of drug-likeness (QED) is 0.175. The fraction of sp³-hybridized carbons (Fsp3) is 0.520. The predicted octanol–water partition coefficient (Wildman–Crippen LogP) is 8.83. The van der Waals surface area contributed by atoms with Crippen molar-refractivity contribution in [3.63, 3.8) is 0 Å². The molecule has 0 saturated carbocycles. The summed E-state index contributed by atoms with van der Waals surface area (Å²) < 4.78 is 99.1. The molecule has 1 nitrogen and oxygen atoms in total. The van der Waals surface area contributed by atoms with E-state index < -0.39 is 55.6 Å². The number of alkyl halides is 3. The van der Waals surface area contributed by atoms with E-state index in [1.807, 2.05) is 0 Å². The van der Waals surface area contributed by atoms with Crippen LogP contribution in [0.15, 0.2) is 24.3 Å². The van der Waals surface area contributed by atoms with Gasteiger partial charge in [-0.3, -0.25) is 0 Å². The summed E-state index contributed by atoms with van der Waals surface area (Å²) in [6.45, 7) is 1.18. The average molecular weight is 541 g/mol. The number of halogens is 8. The molecule has 2 aromatic rings. The van der Waals surface area contributed by atoms with Crippen LogP contribution in [0, 0.1) is 23.3 Å². The van der Waals surface area contributed by atoms with Gasteiger partial charge in [-0.25, -0.2) is 17.6 Å². The molecule has 0 N–H and O–H groups in total. The summed E-state index contributed by atoms with van der Waals surface area (Å²) in [7, 11) is -1.76. The van der Waals surface area contributed by atoms with Crippen molar-refractivity contribution >= 4 is 18.5 Å². The third kappa shape index (κ3) is 7.62. The number of rotatable bonds is 9. The van der Waals surface area contributed by atoms with E-state index in [0.717, 1.165) is 49.5 Å². The Morgan fingerprint density at radius 1 is 0.914 bits per heavy atom. The van der Waals surface area contributed by atoms with Crippen LogP contribution in [-0.4, -0.2) is 20.2 Å². The highest BCUT2D eigenvalue weighted by Crippen LogP contribution is 2.43. The molecule has 0 bridgehead atoms. The molecule has 10 heteroatoms. The molecule has 0 amide bonds. The van der Waals surface area contributed by atoms with Gasteiger partial charge in [-0.2, -0.15) is 24.3 Å². The summed E-state index contributed by atoms with van der Waals surface area (Å²) in [5, 5.41) is 0. The first-order valence-corrected chi connectivity index (χ1v) is 15.4. The van der Waals surface area contributed by atoms with Gasteiger partial charge in [0.15, 0.2) is 24.8 Å². The minimum Gasteiger partial charge on any atom is -0.487 e. The molecule has 1 saturated heterocycles. The molecular formula is C25H28ClF7OSi. The zero-order chi connectivity index (χ0) is 25.8. The Balaban J connectivity index is 1.64. The van der Waals surface area contributed by atoms with Gasteiger partial charge < -0.3 is 4.74 Å². The monoisotopic (exact) mass is 540 g/mol. The average Bonchev–Trinajstić information content (AvgIpc) is 2.75. The highest BCUT2D eigenvalue weighted by atomic mass is 35.6. The summed E-state index contributed by atoms with van der Waals surface area (Å²) in [4.78, 5) is 0. The van der Waals surface area contributed by atoms with E-state index in [1.54, 1.807) is 0 Å². The predicted molar refractivity (Wildman–Crippen MR) is 125 cm³/mol. The van der Waals surface area contributed by atoms with Crippen LogP contribution in [0.4, 0.5) is 30.7 Å². The van der Waals surface area contributed by atoms with Crippen LogP contribution in [0.3, 0.4) is 0 Å². The first-order chi connectivity index (χ1) is 16.4. The third-order valence-electron chi connectivity index (χ3n) is 6.57. The van der Waals surface area contributed by atoms with Gasteiger partial charge in [0.25, 0.3) is 0 Å². The Morgan fingerprint density at radius 3 is 2.00 bits per heavy atom. The smallest absolute Gasteiger partial charge is 0.392 e. The van der Waals surface area contributed by atoms with E-state index in [2.05, 4.69) is 11.7 Å². The third-order valence-corrected chi connectivity index (χ3v) is 12.0. The van der Waals surface area contributed by atoms with Crippen molar-refractivity contribution in [1.29, 1.82) is 0 Å². The molecule has 194 valence electrons. The van der Waals surface area contributed by atoms with Crippen LogP contribution in [-0.2, 0) is 12.8 Å². The molecule has 35 heavy (non-hydrogen) atoms. The second kappa shape index (κ2) is 11.5. The van der Waals surface area contributed by atoms with Crippen LogP contribution in [0.1, 0.15) is 55.2 Å². The first-order valence-electron chi connectivity index (χ1n) is 11.7. The Labute approximate surface area is 206 Å². The van der Waals surface area contributed by atoms with Crippen molar-refractivity contribution in [2.45, 2.75) is 75.7 Å². The molecule has 0 aromatic heterocycles. The maximum absolute atomic E-state index is 14.8. The van der Waals surface area contributed by atoms with E-state index in [4.69, 9.17) is 11.1 Å². The highest BCUT2D eigenvalue weighted by molar-refractivity contribution is 7.20. The molecule has 1 fully saturated rings. The van der Waals surface area contributed by atoms with E-state index >= 15 is 0 Å². The number of hydrogen-bond acceptors (Lipinski definition) is 1. The van der Waals surface area contributed by atoms with E-state index in [1.165, 1.54) is 12.1 Å². The minimum atomic E-state index is -4.51. The van der Waals surface area contributed by atoms with Crippen LogP contribution in [0.5, 0.6) is 5.75 Å². The zero-order valence-corrected chi connectivity index (χ0v) is 21.1. The van der Waals surface area contributed by atoms with Crippen molar-refractivity contribution in [2.24, 2.45) is 0 Å². The fourth-order valence-electron chi connectivity index (χ4n) is 4.70. The SMILES string of the molecule is CCC[Si]1(Cl)CCC(c2cc(F)c(CCc3cc(F)c(OCCC(F)(F)F)c(F)c3)c(F)c2)CC1. The lowest BCUT2D eigenvalue weighted by molar-refractivity contribution is -0.139. The number of benzene rings is 2. The summed E-state index contributed by atoms with van der Waals surface area (Å²) in [5.41, 5.74) is 0.533. The van der Waals surface area contributed by atoms with Gasteiger partial charge in [-0.15, -0.1) is 0 Å². The largest absolute Gasteiger partial charge is 0.487 e. The molecule has 1 aliphatic rings. The lowest BCUT2D eigenvalue weighted by Gasteiger charge is -2.33. The van der Waals surface area contributed by atoms with Crippen molar-refractivity contribution < 1.29 is 35.5 Å². The molecule has 0 aliphatic carbocycles. The normalized spacial score (nSPS) is 20.8. The van der Waals surface area contributed by atoms with Crippen molar-refractivity contribution in [2.75, 3.05) is 6.61 Å². The second-order valence-corrected chi connectivity index (χ2v) is 15.4. The summed E-state index contributed by atoms with van der Waals surface area (Å²) in [6, 6.07) is 7.36. The van der Waals surface area contributed by atoms with Crippen LogP contribution < -0.4 is 4.74 Å². The number of hydrogen-bond donors (Lipinski definition) is 0. The Hall–Kier alpha value is -1.74. The van der Waals surface area contributed by atoms with E-state index in [0.29, 0.717) is 5.56 Å². The molecule has 0 spiro atoms. The topological polar surface area (TPSA) is 9.23 Å². The minimum absolute atomic E-state index is 0.0531. The molecule has 1 heterocycles. The van der Waals surface area contributed by atoms with Gasteiger partial charge in [0.1, 0.15) is 11.6 Å². The number of aryl methyl sites for hydroxylation is 1. The molecule has 0 atom stereocenters. The summed E-state index contributed by atoms with van der Waals surface area (Å²) in [6.07, 6.45) is -3.40. The van der Waals surface area contributed by atoms with Crippen molar-refractivity contribution in [3.8, 4) is 5.75 Å². The van der Waals surface area contributed by atoms with Gasteiger partial charge in [0, 0.05) is 5.56 Å².